The third-order valence-electron chi connectivity index (χ3n) is 2.92. The van der Waals surface area contributed by atoms with E-state index in [-0.39, 0.29) is 18.1 Å². The summed E-state index contributed by atoms with van der Waals surface area (Å²) >= 11 is 0. The molecule has 2 aliphatic rings. The standard InChI is InChI=1S/C10H12O5/c11-3-5-1-2-6-7(9(12)13)4-15-10(14)8(5)6/h2,4-5,8,10-11,14H,1,3H2,(H,12,13)/t5-,8+,10+/m0/s1. The minimum Gasteiger partial charge on any atom is -0.478 e. The van der Waals surface area contributed by atoms with Gasteiger partial charge < -0.3 is 20.1 Å². The van der Waals surface area contributed by atoms with E-state index in [2.05, 4.69) is 0 Å². The molecule has 15 heavy (non-hydrogen) atoms. The molecule has 2 rings (SSSR count). The molecule has 0 saturated heterocycles. The molecule has 0 unspecified atom stereocenters. The van der Waals surface area contributed by atoms with E-state index in [1.165, 1.54) is 0 Å². The van der Waals surface area contributed by atoms with Crippen molar-refractivity contribution in [3.05, 3.63) is 23.5 Å². The topological polar surface area (TPSA) is 87.0 Å². The summed E-state index contributed by atoms with van der Waals surface area (Å²) in [6, 6.07) is 0. The van der Waals surface area contributed by atoms with Gasteiger partial charge in [-0.1, -0.05) is 6.08 Å². The number of rotatable bonds is 2. The van der Waals surface area contributed by atoms with E-state index in [4.69, 9.17) is 14.9 Å². The van der Waals surface area contributed by atoms with Crippen LogP contribution in [0.4, 0.5) is 0 Å². The first kappa shape index (κ1) is 10.2. The zero-order valence-electron chi connectivity index (χ0n) is 7.96. The van der Waals surface area contributed by atoms with Crippen LogP contribution in [-0.2, 0) is 9.53 Å². The smallest absolute Gasteiger partial charge is 0.339 e. The molecule has 3 atom stereocenters. The molecule has 0 bridgehead atoms. The molecule has 0 spiro atoms. The van der Waals surface area contributed by atoms with Crippen LogP contribution < -0.4 is 0 Å². The van der Waals surface area contributed by atoms with Crippen LogP contribution in [0.5, 0.6) is 0 Å². The fourth-order valence-electron chi connectivity index (χ4n) is 2.14. The Hall–Kier alpha value is -1.33. The predicted molar refractivity (Wildman–Crippen MR) is 49.6 cm³/mol. The lowest BCUT2D eigenvalue weighted by atomic mass is 9.86. The number of hydrogen-bond donors (Lipinski definition) is 3. The second-order valence-electron chi connectivity index (χ2n) is 3.73. The van der Waals surface area contributed by atoms with E-state index in [1.807, 2.05) is 0 Å². The van der Waals surface area contributed by atoms with Gasteiger partial charge in [0.05, 0.1) is 11.5 Å². The van der Waals surface area contributed by atoms with Gasteiger partial charge in [-0.2, -0.15) is 0 Å². The largest absolute Gasteiger partial charge is 0.478 e. The van der Waals surface area contributed by atoms with Crippen molar-refractivity contribution in [1.82, 2.24) is 0 Å². The van der Waals surface area contributed by atoms with Gasteiger partial charge in [0.15, 0.2) is 0 Å². The van der Waals surface area contributed by atoms with E-state index in [9.17, 15) is 9.90 Å². The summed E-state index contributed by atoms with van der Waals surface area (Å²) in [6.07, 6.45) is 2.33. The maximum atomic E-state index is 10.9. The van der Waals surface area contributed by atoms with Gasteiger partial charge in [0, 0.05) is 6.61 Å². The van der Waals surface area contributed by atoms with Crippen molar-refractivity contribution < 1.29 is 24.9 Å². The Bertz CT molecular complexity index is 344. The van der Waals surface area contributed by atoms with Gasteiger partial charge in [-0.15, -0.1) is 0 Å². The Balaban J connectivity index is 2.32. The second-order valence-corrected chi connectivity index (χ2v) is 3.73. The fourth-order valence-corrected chi connectivity index (χ4v) is 2.14. The first-order chi connectivity index (χ1) is 7.15. The molecular formula is C10H12O5. The number of aliphatic carboxylic acids is 1. The molecule has 1 heterocycles. The van der Waals surface area contributed by atoms with Crippen LogP contribution >= 0.6 is 0 Å². The summed E-state index contributed by atoms with van der Waals surface area (Å²) in [4.78, 5) is 10.9. The van der Waals surface area contributed by atoms with E-state index >= 15 is 0 Å². The predicted octanol–water partition coefficient (Wildman–Crippen LogP) is -0.142. The number of carboxylic acids is 1. The van der Waals surface area contributed by atoms with Crippen molar-refractivity contribution in [2.45, 2.75) is 12.7 Å². The molecule has 0 aromatic rings. The average molecular weight is 212 g/mol. The SMILES string of the molecule is O=C(O)C1=CO[C@@H](O)[C@H]2C1=CC[C@H]2CO. The first-order valence-corrected chi connectivity index (χ1v) is 4.73. The molecule has 3 N–H and O–H groups in total. The van der Waals surface area contributed by atoms with Crippen molar-refractivity contribution in [3.63, 3.8) is 0 Å². The van der Waals surface area contributed by atoms with E-state index < -0.39 is 18.2 Å². The van der Waals surface area contributed by atoms with Gasteiger partial charge in [-0.25, -0.2) is 4.79 Å². The third kappa shape index (κ3) is 1.53. The van der Waals surface area contributed by atoms with E-state index in [1.54, 1.807) is 6.08 Å². The lowest BCUT2D eigenvalue weighted by Crippen LogP contribution is -2.34. The molecule has 0 radical (unpaired) electrons. The van der Waals surface area contributed by atoms with Crippen LogP contribution in [0.1, 0.15) is 6.42 Å². The fraction of sp³-hybridized carbons (Fsp3) is 0.500. The zero-order valence-corrected chi connectivity index (χ0v) is 7.96. The Labute approximate surface area is 86.3 Å². The van der Waals surface area contributed by atoms with Crippen LogP contribution in [0, 0.1) is 11.8 Å². The minimum absolute atomic E-state index is 0.0706. The lowest BCUT2D eigenvalue weighted by Gasteiger charge is -2.29. The van der Waals surface area contributed by atoms with Crippen molar-refractivity contribution in [2.24, 2.45) is 11.8 Å². The van der Waals surface area contributed by atoms with Gasteiger partial charge in [0.2, 0.25) is 6.29 Å². The van der Waals surface area contributed by atoms with Crippen molar-refractivity contribution in [1.29, 1.82) is 0 Å². The highest BCUT2D eigenvalue weighted by atomic mass is 16.6. The molecule has 82 valence electrons. The molecule has 0 amide bonds. The highest BCUT2D eigenvalue weighted by Gasteiger charge is 2.41. The molecule has 0 aromatic carbocycles. The van der Waals surface area contributed by atoms with Crippen molar-refractivity contribution in [2.75, 3.05) is 6.61 Å². The number of aliphatic hydroxyl groups excluding tert-OH is 2. The molecule has 1 aliphatic heterocycles. The average Bonchev–Trinajstić information content (AvgIpc) is 2.62. The molecule has 0 aromatic heterocycles. The number of carboxylic acid groups (broad SMARTS) is 1. The van der Waals surface area contributed by atoms with Gasteiger partial charge in [0.25, 0.3) is 0 Å². The van der Waals surface area contributed by atoms with Gasteiger partial charge >= 0.3 is 5.97 Å². The third-order valence-corrected chi connectivity index (χ3v) is 2.92. The first-order valence-electron chi connectivity index (χ1n) is 4.73. The summed E-state index contributed by atoms with van der Waals surface area (Å²) in [5, 5.41) is 27.5. The number of fused-ring (bicyclic) bond motifs is 1. The summed E-state index contributed by atoms with van der Waals surface area (Å²) in [7, 11) is 0. The maximum absolute atomic E-state index is 10.9. The highest BCUT2D eigenvalue weighted by molar-refractivity contribution is 5.92. The van der Waals surface area contributed by atoms with Crippen molar-refractivity contribution >= 4 is 5.97 Å². The van der Waals surface area contributed by atoms with Gasteiger partial charge in [0.1, 0.15) is 6.26 Å². The second kappa shape index (κ2) is 3.67. The van der Waals surface area contributed by atoms with Crippen LogP contribution in [0.2, 0.25) is 0 Å². The Kier molecular flexibility index (Phi) is 2.50. The molecular weight excluding hydrogens is 200 g/mol. The Morgan fingerprint density at radius 3 is 2.93 bits per heavy atom. The van der Waals surface area contributed by atoms with E-state index in [0.717, 1.165) is 6.26 Å². The van der Waals surface area contributed by atoms with Gasteiger partial charge in [-0.3, -0.25) is 0 Å². The van der Waals surface area contributed by atoms with Crippen LogP contribution in [0.15, 0.2) is 23.5 Å². The molecule has 0 saturated carbocycles. The van der Waals surface area contributed by atoms with Crippen LogP contribution in [0.25, 0.3) is 0 Å². The molecule has 5 heteroatoms. The molecule has 1 aliphatic carbocycles. The summed E-state index contributed by atoms with van der Waals surface area (Å²) in [6.45, 7) is -0.0853. The zero-order chi connectivity index (χ0) is 11.0. The lowest BCUT2D eigenvalue weighted by molar-refractivity contribution is -0.135. The number of hydrogen-bond acceptors (Lipinski definition) is 4. The number of carbonyl (C=O) groups is 1. The number of aliphatic hydroxyl groups is 2. The quantitative estimate of drug-likeness (QED) is 0.593. The number of ether oxygens (including phenoxy) is 1. The monoisotopic (exact) mass is 212 g/mol. The Morgan fingerprint density at radius 2 is 2.33 bits per heavy atom. The van der Waals surface area contributed by atoms with Crippen LogP contribution in [-0.4, -0.2) is 34.2 Å². The summed E-state index contributed by atoms with van der Waals surface area (Å²) < 4.78 is 4.86. The van der Waals surface area contributed by atoms with Crippen molar-refractivity contribution in [3.8, 4) is 0 Å². The summed E-state index contributed by atoms with van der Waals surface area (Å²) in [5.41, 5.74) is 0.640. The number of allylic oxidation sites excluding steroid dienone is 1. The molecule has 5 nitrogen and oxygen atoms in total. The normalized spacial score (nSPS) is 33.9. The maximum Gasteiger partial charge on any atom is 0.339 e. The van der Waals surface area contributed by atoms with Gasteiger partial charge in [-0.05, 0) is 17.9 Å². The van der Waals surface area contributed by atoms with E-state index in [0.29, 0.717) is 12.0 Å². The summed E-state index contributed by atoms with van der Waals surface area (Å²) in [5.74, 6) is -1.65. The Morgan fingerprint density at radius 1 is 1.60 bits per heavy atom. The van der Waals surface area contributed by atoms with Crippen LogP contribution in [0.3, 0.4) is 0 Å². The highest BCUT2D eigenvalue weighted by Crippen LogP contribution is 2.41. The molecule has 0 fully saturated rings. The minimum atomic E-state index is -1.07.